The molecule has 2 rings (SSSR count). The zero-order valence-electron chi connectivity index (χ0n) is 10.4. The highest BCUT2D eigenvalue weighted by Gasteiger charge is 2.16. The summed E-state index contributed by atoms with van der Waals surface area (Å²) < 4.78 is 5.11. The number of phenolic OH excluding ortho intramolecular Hbond substituents is 2. The molecule has 1 heterocycles. The van der Waals surface area contributed by atoms with E-state index in [1.807, 2.05) is 6.26 Å². The molecule has 1 aromatic heterocycles. The van der Waals surface area contributed by atoms with Gasteiger partial charge in [-0.2, -0.15) is 16.7 Å². The van der Waals surface area contributed by atoms with Gasteiger partial charge in [-0.05, 0) is 36.6 Å². The van der Waals surface area contributed by atoms with Crippen molar-refractivity contribution in [1.29, 1.82) is 0 Å². The zero-order chi connectivity index (χ0) is 13.8. The molecule has 19 heavy (non-hydrogen) atoms. The van der Waals surface area contributed by atoms with Crippen molar-refractivity contribution in [2.24, 2.45) is 5.73 Å². The molecule has 0 fully saturated rings. The molecule has 1 atom stereocenters. The monoisotopic (exact) mass is 281 g/mol. The van der Waals surface area contributed by atoms with Crippen LogP contribution in [0.2, 0.25) is 0 Å². The second-order valence-corrected chi connectivity index (χ2v) is 5.03. The van der Waals surface area contributed by atoms with Crippen LogP contribution < -0.4 is 5.73 Å². The molecular formula is C12H15N3O3S. The Balaban J connectivity index is 2.18. The largest absolute Gasteiger partial charge is 0.504 e. The zero-order valence-corrected chi connectivity index (χ0v) is 11.2. The fourth-order valence-electron chi connectivity index (χ4n) is 1.53. The van der Waals surface area contributed by atoms with Crippen molar-refractivity contribution in [3.63, 3.8) is 0 Å². The van der Waals surface area contributed by atoms with Gasteiger partial charge in [0.1, 0.15) is 0 Å². The first kappa shape index (κ1) is 13.7. The van der Waals surface area contributed by atoms with Crippen LogP contribution in [0.25, 0.3) is 11.4 Å². The number of benzene rings is 1. The summed E-state index contributed by atoms with van der Waals surface area (Å²) in [6.07, 6.45) is 2.76. The minimum absolute atomic E-state index is 0.191. The number of aromatic hydroxyl groups is 2. The van der Waals surface area contributed by atoms with E-state index in [4.69, 9.17) is 10.3 Å². The molecule has 0 aliphatic heterocycles. The number of hydrogen-bond donors (Lipinski definition) is 3. The minimum atomic E-state index is -0.292. The van der Waals surface area contributed by atoms with Gasteiger partial charge in [-0.1, -0.05) is 5.16 Å². The first-order valence-electron chi connectivity index (χ1n) is 5.72. The molecule has 2 aromatic rings. The molecule has 0 aliphatic rings. The maximum Gasteiger partial charge on any atom is 0.243 e. The average Bonchev–Trinajstić information content (AvgIpc) is 2.89. The molecule has 0 spiro atoms. The molecule has 0 saturated heterocycles. The Morgan fingerprint density at radius 1 is 1.37 bits per heavy atom. The third-order valence-electron chi connectivity index (χ3n) is 2.63. The van der Waals surface area contributed by atoms with Crippen LogP contribution in [-0.2, 0) is 0 Å². The summed E-state index contributed by atoms with van der Waals surface area (Å²) in [4.78, 5) is 4.20. The van der Waals surface area contributed by atoms with Crippen LogP contribution >= 0.6 is 11.8 Å². The summed E-state index contributed by atoms with van der Waals surface area (Å²) in [6, 6.07) is 4.04. The topological polar surface area (TPSA) is 105 Å². The van der Waals surface area contributed by atoms with Gasteiger partial charge < -0.3 is 20.5 Å². The molecular weight excluding hydrogens is 266 g/mol. The standard InChI is InChI=1S/C12H15N3O3S/c1-19-5-4-8(13)12-14-11(15-18-12)7-2-3-9(16)10(17)6-7/h2-3,6,8,16-17H,4-5,13H2,1H3/t8-/m1/s1. The molecule has 1 aromatic carbocycles. The number of nitrogens with two attached hydrogens (primary N) is 1. The molecule has 0 saturated carbocycles. The molecule has 0 bridgehead atoms. The molecule has 0 unspecified atom stereocenters. The highest BCUT2D eigenvalue weighted by Crippen LogP contribution is 2.29. The van der Waals surface area contributed by atoms with E-state index in [0.29, 0.717) is 17.3 Å². The lowest BCUT2D eigenvalue weighted by Crippen LogP contribution is -2.11. The van der Waals surface area contributed by atoms with E-state index in [-0.39, 0.29) is 17.5 Å². The SMILES string of the molecule is CSCC[C@@H](N)c1nc(-c2ccc(O)c(O)c2)no1. The van der Waals surface area contributed by atoms with Gasteiger partial charge in [0.25, 0.3) is 0 Å². The number of nitrogens with zero attached hydrogens (tertiary/aromatic N) is 2. The van der Waals surface area contributed by atoms with Crippen LogP contribution in [0.15, 0.2) is 22.7 Å². The smallest absolute Gasteiger partial charge is 0.243 e. The molecule has 7 heteroatoms. The second-order valence-electron chi connectivity index (χ2n) is 4.05. The average molecular weight is 281 g/mol. The van der Waals surface area contributed by atoms with E-state index in [1.54, 1.807) is 17.8 Å². The Kier molecular flexibility index (Phi) is 4.28. The van der Waals surface area contributed by atoms with Gasteiger partial charge in [-0.15, -0.1) is 0 Å². The summed E-state index contributed by atoms with van der Waals surface area (Å²) in [5.74, 6) is 1.21. The fraction of sp³-hybridized carbons (Fsp3) is 0.333. The lowest BCUT2D eigenvalue weighted by atomic mass is 10.2. The second kappa shape index (κ2) is 5.94. The Labute approximate surface area is 114 Å². The lowest BCUT2D eigenvalue weighted by molar-refractivity contribution is 0.353. The van der Waals surface area contributed by atoms with Gasteiger partial charge in [0.15, 0.2) is 11.5 Å². The Hall–Kier alpha value is -1.73. The third kappa shape index (κ3) is 3.18. The van der Waals surface area contributed by atoms with Crippen molar-refractivity contribution < 1.29 is 14.7 Å². The first-order valence-corrected chi connectivity index (χ1v) is 7.11. The van der Waals surface area contributed by atoms with E-state index in [9.17, 15) is 10.2 Å². The van der Waals surface area contributed by atoms with Crippen LogP contribution in [0.5, 0.6) is 11.5 Å². The van der Waals surface area contributed by atoms with Crippen LogP contribution in [-0.4, -0.2) is 32.4 Å². The predicted molar refractivity (Wildman–Crippen MR) is 73.0 cm³/mol. The van der Waals surface area contributed by atoms with Crippen LogP contribution in [0, 0.1) is 0 Å². The Morgan fingerprint density at radius 3 is 2.84 bits per heavy atom. The Bertz CT molecular complexity index is 559. The van der Waals surface area contributed by atoms with E-state index in [1.165, 1.54) is 12.1 Å². The summed E-state index contributed by atoms with van der Waals surface area (Å²) in [5, 5.41) is 22.5. The van der Waals surface area contributed by atoms with E-state index >= 15 is 0 Å². The van der Waals surface area contributed by atoms with Crippen molar-refractivity contribution in [2.75, 3.05) is 12.0 Å². The summed E-state index contributed by atoms with van der Waals surface area (Å²) in [7, 11) is 0. The summed E-state index contributed by atoms with van der Waals surface area (Å²) in [5.41, 5.74) is 6.49. The number of thioether (sulfide) groups is 1. The quantitative estimate of drug-likeness (QED) is 0.719. The molecule has 0 radical (unpaired) electrons. The maximum atomic E-state index is 9.43. The molecule has 0 aliphatic carbocycles. The van der Waals surface area contributed by atoms with Gasteiger partial charge in [-0.3, -0.25) is 0 Å². The molecule has 4 N–H and O–H groups in total. The number of hydrogen-bond acceptors (Lipinski definition) is 7. The summed E-state index contributed by atoms with van der Waals surface area (Å²) in [6.45, 7) is 0. The lowest BCUT2D eigenvalue weighted by Gasteiger charge is -2.03. The number of phenols is 2. The van der Waals surface area contributed by atoms with Crippen molar-refractivity contribution in [3.8, 4) is 22.9 Å². The maximum absolute atomic E-state index is 9.43. The number of rotatable bonds is 5. The van der Waals surface area contributed by atoms with E-state index in [0.717, 1.165) is 12.2 Å². The van der Waals surface area contributed by atoms with Gasteiger partial charge >= 0.3 is 0 Å². The molecule has 102 valence electrons. The van der Waals surface area contributed by atoms with Crippen LogP contribution in [0.3, 0.4) is 0 Å². The normalized spacial score (nSPS) is 12.5. The van der Waals surface area contributed by atoms with Crippen LogP contribution in [0.4, 0.5) is 0 Å². The minimum Gasteiger partial charge on any atom is -0.504 e. The van der Waals surface area contributed by atoms with Crippen molar-refractivity contribution >= 4 is 11.8 Å². The molecule has 0 amide bonds. The van der Waals surface area contributed by atoms with Crippen molar-refractivity contribution in [3.05, 3.63) is 24.1 Å². The fourth-order valence-corrected chi connectivity index (χ4v) is 2.02. The van der Waals surface area contributed by atoms with Gasteiger partial charge in [-0.25, -0.2) is 0 Å². The van der Waals surface area contributed by atoms with Crippen molar-refractivity contribution in [2.45, 2.75) is 12.5 Å². The predicted octanol–water partition coefficient (Wildman–Crippen LogP) is 1.90. The summed E-state index contributed by atoms with van der Waals surface area (Å²) >= 11 is 1.70. The highest BCUT2D eigenvalue weighted by molar-refractivity contribution is 7.98. The highest BCUT2D eigenvalue weighted by atomic mass is 32.2. The number of aromatic nitrogens is 2. The molecule has 6 nitrogen and oxygen atoms in total. The Morgan fingerprint density at radius 2 is 2.16 bits per heavy atom. The van der Waals surface area contributed by atoms with Gasteiger partial charge in [0.2, 0.25) is 11.7 Å². The van der Waals surface area contributed by atoms with E-state index in [2.05, 4.69) is 10.1 Å². The van der Waals surface area contributed by atoms with E-state index < -0.39 is 0 Å². The third-order valence-corrected chi connectivity index (χ3v) is 3.27. The van der Waals surface area contributed by atoms with Gasteiger partial charge in [0, 0.05) is 5.56 Å². The first-order chi connectivity index (χ1) is 9.11. The van der Waals surface area contributed by atoms with Crippen molar-refractivity contribution in [1.82, 2.24) is 10.1 Å². The van der Waals surface area contributed by atoms with Crippen LogP contribution in [0.1, 0.15) is 18.4 Å². The van der Waals surface area contributed by atoms with Gasteiger partial charge in [0.05, 0.1) is 6.04 Å².